The number of amides is 2. The standard InChI is InChI=1S/C21H24N2O5.C15H17NO/c1-14-12-23(10-11-24)21(27)16-8-5-9-17(19(16)28-13-14)22-20(26)18(25)15-6-3-2-4-7-15;1-16(2)12-13-8-10-15(11-9-13)17-14-6-4-3-5-7-14/h2-9,14,18,24-25H,10-13H2,1H3,(H,22,26);3-11H,12H2,1-2H3/t14-,18?;/m1./s1. The number of benzene rings is 4. The number of anilines is 1. The fourth-order valence-electron chi connectivity index (χ4n) is 4.82. The minimum atomic E-state index is -1.34. The van der Waals surface area contributed by atoms with Crippen molar-refractivity contribution in [2.24, 2.45) is 5.92 Å². The summed E-state index contributed by atoms with van der Waals surface area (Å²) in [4.78, 5) is 29.1. The van der Waals surface area contributed by atoms with Crippen molar-refractivity contribution in [2.45, 2.75) is 19.6 Å². The van der Waals surface area contributed by atoms with E-state index in [0.717, 1.165) is 18.0 Å². The van der Waals surface area contributed by atoms with E-state index in [9.17, 15) is 19.8 Å². The molecule has 9 nitrogen and oxygen atoms in total. The third kappa shape index (κ3) is 9.64. The number of aliphatic hydroxyl groups excluding tert-OH is 2. The third-order valence-corrected chi connectivity index (χ3v) is 6.97. The molecule has 0 saturated heterocycles. The summed E-state index contributed by atoms with van der Waals surface area (Å²) in [6.07, 6.45) is -1.34. The van der Waals surface area contributed by atoms with Crippen molar-refractivity contribution in [3.8, 4) is 17.2 Å². The van der Waals surface area contributed by atoms with E-state index in [-0.39, 0.29) is 30.7 Å². The average molecular weight is 612 g/mol. The largest absolute Gasteiger partial charge is 0.490 e. The SMILES string of the molecule is CN(C)Cc1ccc(Oc2ccccc2)cc1.C[C@H]1COc2c(NC(=O)C(O)c3ccccc3)cccc2C(=O)N(CCO)C1. The molecule has 2 amide bonds. The van der Waals surface area contributed by atoms with Crippen LogP contribution in [-0.4, -0.2) is 72.2 Å². The van der Waals surface area contributed by atoms with E-state index in [4.69, 9.17) is 9.47 Å². The summed E-state index contributed by atoms with van der Waals surface area (Å²) in [6.45, 7) is 3.83. The summed E-state index contributed by atoms with van der Waals surface area (Å²) < 4.78 is 11.6. The number of hydrogen-bond donors (Lipinski definition) is 3. The smallest absolute Gasteiger partial charge is 0.257 e. The Labute approximate surface area is 264 Å². The molecule has 0 saturated carbocycles. The topological polar surface area (TPSA) is 112 Å². The molecular formula is C36H41N3O6. The number of ether oxygens (including phenoxy) is 2. The van der Waals surface area contributed by atoms with E-state index in [2.05, 4.69) is 36.4 Å². The minimum absolute atomic E-state index is 0.0577. The molecule has 2 atom stereocenters. The van der Waals surface area contributed by atoms with E-state index in [1.807, 2.05) is 49.4 Å². The second kappa shape index (κ2) is 16.4. The van der Waals surface area contributed by atoms with Crippen molar-refractivity contribution in [1.29, 1.82) is 0 Å². The van der Waals surface area contributed by atoms with Gasteiger partial charge in [0.25, 0.3) is 11.8 Å². The second-order valence-corrected chi connectivity index (χ2v) is 11.2. The molecule has 1 heterocycles. The van der Waals surface area contributed by atoms with Gasteiger partial charge in [0, 0.05) is 25.6 Å². The molecule has 4 aromatic carbocycles. The Balaban J connectivity index is 0.000000231. The van der Waals surface area contributed by atoms with Crippen molar-refractivity contribution in [2.75, 3.05) is 45.7 Å². The zero-order valence-electron chi connectivity index (χ0n) is 25.9. The lowest BCUT2D eigenvalue weighted by atomic mass is 10.1. The van der Waals surface area contributed by atoms with E-state index >= 15 is 0 Å². The molecule has 4 aromatic rings. The van der Waals surface area contributed by atoms with E-state index in [1.54, 1.807) is 53.4 Å². The van der Waals surface area contributed by atoms with Crippen molar-refractivity contribution in [1.82, 2.24) is 9.80 Å². The minimum Gasteiger partial charge on any atom is -0.490 e. The molecule has 0 fully saturated rings. The van der Waals surface area contributed by atoms with Gasteiger partial charge < -0.3 is 34.8 Å². The van der Waals surface area contributed by atoms with E-state index < -0.39 is 12.0 Å². The highest BCUT2D eigenvalue weighted by Crippen LogP contribution is 2.33. The highest BCUT2D eigenvalue weighted by atomic mass is 16.5. The molecule has 0 bridgehead atoms. The van der Waals surface area contributed by atoms with Crippen molar-refractivity contribution in [3.63, 3.8) is 0 Å². The van der Waals surface area contributed by atoms with Gasteiger partial charge in [0.15, 0.2) is 11.9 Å². The summed E-state index contributed by atoms with van der Waals surface area (Å²) in [5, 5.41) is 22.2. The molecule has 5 rings (SSSR count). The second-order valence-electron chi connectivity index (χ2n) is 11.2. The van der Waals surface area contributed by atoms with E-state index in [0.29, 0.717) is 30.0 Å². The predicted octanol–water partition coefficient (Wildman–Crippen LogP) is 5.36. The monoisotopic (exact) mass is 611 g/mol. The van der Waals surface area contributed by atoms with Crippen molar-refractivity contribution >= 4 is 17.5 Å². The van der Waals surface area contributed by atoms with Gasteiger partial charge in [-0.1, -0.05) is 73.7 Å². The highest BCUT2D eigenvalue weighted by molar-refractivity contribution is 6.02. The van der Waals surface area contributed by atoms with Crippen LogP contribution in [-0.2, 0) is 11.3 Å². The first-order valence-corrected chi connectivity index (χ1v) is 14.9. The Hall–Kier alpha value is -4.70. The van der Waals surface area contributed by atoms with Gasteiger partial charge in [-0.2, -0.15) is 0 Å². The molecule has 1 aliphatic rings. The first kappa shape index (κ1) is 33.2. The number of para-hydroxylation sites is 2. The maximum atomic E-state index is 12.9. The Bertz CT molecular complexity index is 1510. The fourth-order valence-corrected chi connectivity index (χ4v) is 4.82. The summed E-state index contributed by atoms with van der Waals surface area (Å²) in [5.41, 5.74) is 2.39. The average Bonchev–Trinajstić information content (AvgIpc) is 3.04. The predicted molar refractivity (Wildman–Crippen MR) is 174 cm³/mol. The molecule has 1 aliphatic heterocycles. The summed E-state index contributed by atoms with van der Waals surface area (Å²) in [6, 6.07) is 31.5. The van der Waals surface area contributed by atoms with Gasteiger partial charge in [0.05, 0.1) is 24.5 Å². The molecule has 3 N–H and O–H groups in total. The molecule has 0 spiro atoms. The van der Waals surface area contributed by atoms with Crippen LogP contribution in [0.1, 0.15) is 34.5 Å². The zero-order chi connectivity index (χ0) is 32.2. The molecule has 0 aliphatic carbocycles. The molecule has 0 aromatic heterocycles. The normalized spacial score (nSPS) is 15.0. The Kier molecular flexibility index (Phi) is 12.1. The van der Waals surface area contributed by atoms with Crippen LogP contribution in [0.15, 0.2) is 103 Å². The van der Waals surface area contributed by atoms with Gasteiger partial charge in [-0.3, -0.25) is 9.59 Å². The molecule has 45 heavy (non-hydrogen) atoms. The number of aliphatic hydroxyl groups is 2. The first-order valence-electron chi connectivity index (χ1n) is 14.9. The van der Waals surface area contributed by atoms with Gasteiger partial charge in [0.1, 0.15) is 11.5 Å². The van der Waals surface area contributed by atoms with Crippen LogP contribution < -0.4 is 14.8 Å². The van der Waals surface area contributed by atoms with Crippen LogP contribution in [0.25, 0.3) is 0 Å². The number of fused-ring (bicyclic) bond motifs is 1. The van der Waals surface area contributed by atoms with Crippen molar-refractivity contribution in [3.05, 3.63) is 120 Å². The molecule has 1 unspecified atom stereocenters. The van der Waals surface area contributed by atoms with Crippen LogP contribution >= 0.6 is 0 Å². The fraction of sp³-hybridized carbons (Fsp3) is 0.278. The number of nitrogens with one attached hydrogen (secondary N) is 1. The summed E-state index contributed by atoms with van der Waals surface area (Å²) in [7, 11) is 4.13. The Morgan fingerprint density at radius 2 is 1.60 bits per heavy atom. The number of β-amino-alcohol motifs (C(OH)–C–C–N with tert-alkyl or cyclic N) is 1. The molecule has 236 valence electrons. The van der Waals surface area contributed by atoms with Gasteiger partial charge in [-0.25, -0.2) is 0 Å². The quantitative estimate of drug-likeness (QED) is 0.234. The number of hydrogen-bond acceptors (Lipinski definition) is 7. The Morgan fingerprint density at radius 1 is 0.956 bits per heavy atom. The number of carbonyl (C=O) groups is 2. The summed E-state index contributed by atoms with van der Waals surface area (Å²) >= 11 is 0. The third-order valence-electron chi connectivity index (χ3n) is 6.97. The van der Waals surface area contributed by atoms with E-state index in [1.165, 1.54) is 5.56 Å². The molecule has 9 heteroatoms. The summed E-state index contributed by atoms with van der Waals surface area (Å²) in [5.74, 6) is 1.19. The van der Waals surface area contributed by atoms with Gasteiger partial charge in [-0.15, -0.1) is 0 Å². The van der Waals surface area contributed by atoms with Crippen LogP contribution in [0.4, 0.5) is 5.69 Å². The van der Waals surface area contributed by atoms with Crippen molar-refractivity contribution < 1.29 is 29.3 Å². The molecule has 0 radical (unpaired) electrons. The first-order chi connectivity index (χ1) is 21.7. The van der Waals surface area contributed by atoms with Gasteiger partial charge in [-0.05, 0) is 61.6 Å². The lowest BCUT2D eigenvalue weighted by Crippen LogP contribution is -2.40. The lowest BCUT2D eigenvalue weighted by molar-refractivity contribution is -0.124. The number of rotatable bonds is 9. The zero-order valence-corrected chi connectivity index (χ0v) is 25.9. The maximum absolute atomic E-state index is 12.9. The van der Waals surface area contributed by atoms with Crippen LogP contribution in [0.5, 0.6) is 17.2 Å². The molecular weight excluding hydrogens is 570 g/mol. The van der Waals surface area contributed by atoms with Crippen LogP contribution in [0.3, 0.4) is 0 Å². The van der Waals surface area contributed by atoms with Crippen LogP contribution in [0.2, 0.25) is 0 Å². The highest BCUT2D eigenvalue weighted by Gasteiger charge is 2.27. The van der Waals surface area contributed by atoms with Gasteiger partial charge >= 0.3 is 0 Å². The maximum Gasteiger partial charge on any atom is 0.257 e. The van der Waals surface area contributed by atoms with Gasteiger partial charge in [0.2, 0.25) is 0 Å². The number of carbonyl (C=O) groups excluding carboxylic acids is 2. The number of nitrogens with zero attached hydrogens (tertiary/aromatic N) is 2. The Morgan fingerprint density at radius 3 is 2.24 bits per heavy atom. The van der Waals surface area contributed by atoms with Crippen LogP contribution in [0, 0.1) is 5.92 Å². The lowest BCUT2D eigenvalue weighted by Gasteiger charge is -2.30.